The fourth-order valence-corrected chi connectivity index (χ4v) is 4.77. The van der Waals surface area contributed by atoms with Crippen LogP contribution in [0.3, 0.4) is 0 Å². The van der Waals surface area contributed by atoms with Crippen molar-refractivity contribution in [1.29, 1.82) is 0 Å². The number of amides is 2. The van der Waals surface area contributed by atoms with Crippen LogP contribution in [-0.2, 0) is 27.8 Å². The van der Waals surface area contributed by atoms with Crippen LogP contribution in [0.4, 0.5) is 5.69 Å². The minimum Gasteiger partial charge on any atom is -0.485 e. The van der Waals surface area contributed by atoms with E-state index in [0.717, 1.165) is 30.2 Å². The van der Waals surface area contributed by atoms with Gasteiger partial charge in [0.25, 0.3) is 15.9 Å². The Hall–Kier alpha value is -3.85. The Morgan fingerprint density at radius 2 is 1.69 bits per heavy atom. The number of para-hydroxylation sites is 1. The van der Waals surface area contributed by atoms with Gasteiger partial charge in [0.15, 0.2) is 11.5 Å². The molecule has 0 unspecified atom stereocenters. The second-order valence-corrected chi connectivity index (χ2v) is 10.6. The van der Waals surface area contributed by atoms with E-state index in [0.29, 0.717) is 23.6 Å². The largest absolute Gasteiger partial charge is 0.485 e. The highest BCUT2D eigenvalue weighted by atomic mass is 32.2. The zero-order valence-corrected chi connectivity index (χ0v) is 20.4. The molecule has 0 aliphatic carbocycles. The van der Waals surface area contributed by atoms with Gasteiger partial charge in [-0.05, 0) is 61.9 Å². The summed E-state index contributed by atoms with van der Waals surface area (Å²) in [5, 5.41) is 2.72. The molecule has 8 nitrogen and oxygen atoms in total. The third-order valence-corrected chi connectivity index (χ3v) is 6.81. The summed E-state index contributed by atoms with van der Waals surface area (Å²) in [6.45, 7) is 5.53. The molecular weight excluding hydrogens is 468 g/mol. The number of hydrogen-bond donors (Lipinski definition) is 2. The van der Waals surface area contributed by atoms with Gasteiger partial charge in [-0.25, -0.2) is 13.1 Å². The molecule has 1 aliphatic heterocycles. The van der Waals surface area contributed by atoms with Crippen LogP contribution in [0.5, 0.6) is 11.5 Å². The smallest absolute Gasteiger partial charge is 0.264 e. The van der Waals surface area contributed by atoms with E-state index in [1.807, 2.05) is 48.9 Å². The average Bonchev–Trinajstić information content (AvgIpc) is 3.12. The Morgan fingerprint density at radius 1 is 1.00 bits per heavy atom. The lowest BCUT2D eigenvalue weighted by molar-refractivity contribution is -0.117. The number of carbonyl (C=O) groups is 2. The van der Waals surface area contributed by atoms with Crippen molar-refractivity contribution in [1.82, 2.24) is 4.72 Å². The number of benzene rings is 3. The van der Waals surface area contributed by atoms with Crippen LogP contribution in [0.1, 0.15) is 42.3 Å². The fourth-order valence-electron chi connectivity index (χ4n) is 3.78. The summed E-state index contributed by atoms with van der Waals surface area (Å²) in [5.41, 5.74) is 2.63. The zero-order chi connectivity index (χ0) is 25.2. The van der Waals surface area contributed by atoms with Gasteiger partial charge in [0, 0.05) is 30.2 Å². The topological polar surface area (TPSA) is 111 Å². The number of carbonyl (C=O) groups excluding carboxylic acids is 2. The summed E-state index contributed by atoms with van der Waals surface area (Å²) in [6.07, 6.45) is 0.831. The minimum atomic E-state index is -3.93. The first-order valence-electron chi connectivity index (χ1n) is 11.0. The molecule has 4 rings (SSSR count). The highest BCUT2D eigenvalue weighted by molar-refractivity contribution is 7.90. The molecule has 0 atom stereocenters. The molecule has 0 aromatic heterocycles. The molecule has 3 aromatic rings. The van der Waals surface area contributed by atoms with E-state index < -0.39 is 15.9 Å². The number of anilines is 1. The lowest BCUT2D eigenvalue weighted by Gasteiger charge is -2.18. The Balaban J connectivity index is 1.36. The lowest BCUT2D eigenvalue weighted by atomic mass is 10.0. The summed E-state index contributed by atoms with van der Waals surface area (Å²) < 4.78 is 38.0. The van der Waals surface area contributed by atoms with Gasteiger partial charge in [0.2, 0.25) is 5.91 Å². The standard InChI is InChI=1S/C26H26N2O6S/c1-17(29)28-35(31,32)22-13-11-21(12-14-22)27-25(30)19-9-7-18(8-10-19)16-33-23-6-4-5-20-15-26(2,3)34-24(20)23/h4-14H,15-16H2,1-3H3,(H,27,30)(H,28,29). The maximum atomic E-state index is 12.6. The molecule has 0 fully saturated rings. The molecule has 0 saturated carbocycles. The van der Waals surface area contributed by atoms with Crippen molar-refractivity contribution in [3.05, 3.63) is 83.4 Å². The van der Waals surface area contributed by atoms with Crippen molar-refractivity contribution in [2.45, 2.75) is 44.3 Å². The molecule has 1 heterocycles. The van der Waals surface area contributed by atoms with Gasteiger partial charge in [-0.15, -0.1) is 0 Å². The average molecular weight is 495 g/mol. The number of nitrogens with one attached hydrogen (secondary N) is 2. The minimum absolute atomic E-state index is 0.0759. The second-order valence-electron chi connectivity index (χ2n) is 8.91. The fraction of sp³-hybridized carbons (Fsp3) is 0.231. The Kier molecular flexibility index (Phi) is 6.53. The highest BCUT2D eigenvalue weighted by Gasteiger charge is 2.32. The molecule has 0 spiro atoms. The van der Waals surface area contributed by atoms with Crippen LogP contribution >= 0.6 is 0 Å². The number of sulfonamides is 1. The van der Waals surface area contributed by atoms with Gasteiger partial charge >= 0.3 is 0 Å². The first-order chi connectivity index (χ1) is 16.5. The molecule has 182 valence electrons. The molecule has 9 heteroatoms. The monoisotopic (exact) mass is 494 g/mol. The first-order valence-corrected chi connectivity index (χ1v) is 12.5. The third-order valence-electron chi connectivity index (χ3n) is 5.37. The number of ether oxygens (including phenoxy) is 2. The van der Waals surface area contributed by atoms with Crippen LogP contribution < -0.4 is 19.5 Å². The molecule has 0 saturated heterocycles. The zero-order valence-electron chi connectivity index (χ0n) is 19.6. The van der Waals surface area contributed by atoms with Crippen molar-refractivity contribution < 1.29 is 27.5 Å². The maximum absolute atomic E-state index is 12.6. The Bertz CT molecular complexity index is 1360. The molecule has 2 N–H and O–H groups in total. The number of rotatable bonds is 7. The lowest BCUT2D eigenvalue weighted by Crippen LogP contribution is -2.28. The van der Waals surface area contributed by atoms with E-state index >= 15 is 0 Å². The van der Waals surface area contributed by atoms with Crippen LogP contribution in [0.25, 0.3) is 0 Å². The summed E-state index contributed by atoms with van der Waals surface area (Å²) >= 11 is 0. The van der Waals surface area contributed by atoms with Crippen LogP contribution in [0.15, 0.2) is 71.6 Å². The Labute approximate surface area is 204 Å². The predicted molar refractivity (Wildman–Crippen MR) is 131 cm³/mol. The van der Waals surface area contributed by atoms with Gasteiger partial charge in [-0.1, -0.05) is 24.3 Å². The molecule has 0 bridgehead atoms. The quantitative estimate of drug-likeness (QED) is 0.513. The van der Waals surface area contributed by atoms with Crippen molar-refractivity contribution in [3.8, 4) is 11.5 Å². The van der Waals surface area contributed by atoms with Crippen molar-refractivity contribution in [2.75, 3.05) is 5.32 Å². The van der Waals surface area contributed by atoms with Crippen molar-refractivity contribution in [2.24, 2.45) is 0 Å². The van der Waals surface area contributed by atoms with E-state index in [2.05, 4.69) is 5.32 Å². The number of hydrogen-bond acceptors (Lipinski definition) is 6. The first kappa shape index (κ1) is 24.3. The van der Waals surface area contributed by atoms with Gasteiger partial charge in [-0.2, -0.15) is 0 Å². The second kappa shape index (κ2) is 9.42. The van der Waals surface area contributed by atoms with Crippen molar-refractivity contribution >= 4 is 27.5 Å². The van der Waals surface area contributed by atoms with E-state index in [-0.39, 0.29) is 16.4 Å². The number of fused-ring (bicyclic) bond motifs is 1. The molecule has 3 aromatic carbocycles. The van der Waals surface area contributed by atoms with Crippen molar-refractivity contribution in [3.63, 3.8) is 0 Å². The van der Waals surface area contributed by atoms with E-state index in [1.54, 1.807) is 12.1 Å². The molecular formula is C26H26N2O6S. The molecule has 1 aliphatic rings. The highest BCUT2D eigenvalue weighted by Crippen LogP contribution is 2.41. The van der Waals surface area contributed by atoms with E-state index in [1.165, 1.54) is 24.3 Å². The molecule has 0 radical (unpaired) electrons. The SMILES string of the molecule is CC(=O)NS(=O)(=O)c1ccc(NC(=O)c2ccc(COc3cccc4c3OC(C)(C)C4)cc2)cc1. The summed E-state index contributed by atoms with van der Waals surface area (Å²) in [4.78, 5) is 23.6. The normalized spacial score (nSPS) is 13.9. The summed E-state index contributed by atoms with van der Waals surface area (Å²) in [6, 6.07) is 18.4. The Morgan fingerprint density at radius 3 is 2.34 bits per heavy atom. The van der Waals surface area contributed by atoms with E-state index in [4.69, 9.17) is 9.47 Å². The van der Waals surface area contributed by atoms with E-state index in [9.17, 15) is 18.0 Å². The molecule has 35 heavy (non-hydrogen) atoms. The van der Waals surface area contributed by atoms with Crippen LogP contribution in [-0.4, -0.2) is 25.8 Å². The van der Waals surface area contributed by atoms with Crippen LogP contribution in [0.2, 0.25) is 0 Å². The summed E-state index contributed by atoms with van der Waals surface area (Å²) in [7, 11) is -3.93. The molecule has 2 amide bonds. The van der Waals surface area contributed by atoms with Gasteiger partial charge < -0.3 is 14.8 Å². The maximum Gasteiger partial charge on any atom is 0.264 e. The third kappa shape index (κ3) is 5.81. The van der Waals surface area contributed by atoms with Gasteiger partial charge in [0.1, 0.15) is 12.2 Å². The summed E-state index contributed by atoms with van der Waals surface area (Å²) in [5.74, 6) is 0.455. The van der Waals surface area contributed by atoms with Crippen LogP contribution in [0, 0.1) is 0 Å². The van der Waals surface area contributed by atoms with Gasteiger partial charge in [-0.3, -0.25) is 9.59 Å². The predicted octanol–water partition coefficient (Wildman–Crippen LogP) is 4.06. The van der Waals surface area contributed by atoms with Gasteiger partial charge in [0.05, 0.1) is 4.90 Å².